The van der Waals surface area contributed by atoms with Crippen LogP contribution in [0.5, 0.6) is 5.75 Å². The van der Waals surface area contributed by atoms with Crippen LogP contribution >= 0.6 is 0 Å². The Morgan fingerprint density at radius 3 is 2.57 bits per heavy atom. The van der Waals surface area contributed by atoms with Gasteiger partial charge in [0.25, 0.3) is 0 Å². The van der Waals surface area contributed by atoms with Gasteiger partial charge in [-0.05, 0) is 44.9 Å². The van der Waals surface area contributed by atoms with Gasteiger partial charge in [0.1, 0.15) is 17.5 Å². The van der Waals surface area contributed by atoms with E-state index in [-0.39, 0.29) is 11.7 Å². The zero-order chi connectivity index (χ0) is 20.1. The molecule has 0 radical (unpaired) electrons. The fourth-order valence-corrected chi connectivity index (χ4v) is 4.20. The highest BCUT2D eigenvalue weighted by Crippen LogP contribution is 2.45. The fourth-order valence-electron chi connectivity index (χ4n) is 4.20. The van der Waals surface area contributed by atoms with Gasteiger partial charge in [-0.3, -0.25) is 9.59 Å². The maximum Gasteiger partial charge on any atom is 0.223 e. The minimum absolute atomic E-state index is 0.0317. The molecule has 2 aromatic rings. The van der Waals surface area contributed by atoms with E-state index < -0.39 is 17.7 Å². The molecule has 5 heteroatoms. The van der Waals surface area contributed by atoms with E-state index in [4.69, 9.17) is 4.74 Å². The van der Waals surface area contributed by atoms with Crippen LogP contribution in [0.15, 0.2) is 42.5 Å². The van der Waals surface area contributed by atoms with Gasteiger partial charge in [0.15, 0.2) is 5.78 Å². The molecule has 4 rings (SSSR count). The van der Waals surface area contributed by atoms with Crippen LogP contribution in [0.2, 0.25) is 0 Å². The lowest BCUT2D eigenvalue weighted by atomic mass is 9.83. The zero-order valence-corrected chi connectivity index (χ0v) is 16.4. The van der Waals surface area contributed by atoms with Crippen LogP contribution < -0.4 is 4.74 Å². The Bertz CT molecular complexity index is 935. The number of aryl methyl sites for hydroxylation is 1. The minimum Gasteiger partial charge on any atom is -0.485 e. The number of carbonyl (C=O) groups is 2. The van der Waals surface area contributed by atoms with Gasteiger partial charge in [-0.25, -0.2) is 0 Å². The molecule has 2 atom stereocenters. The summed E-state index contributed by atoms with van der Waals surface area (Å²) in [5, 5.41) is 11.0. The molecule has 2 unspecified atom stereocenters. The Morgan fingerprint density at radius 1 is 1.21 bits per heavy atom. The first-order valence-corrected chi connectivity index (χ1v) is 9.70. The average molecular weight is 379 g/mol. The first-order chi connectivity index (χ1) is 13.3. The van der Waals surface area contributed by atoms with Crippen molar-refractivity contribution in [1.29, 1.82) is 0 Å². The number of benzene rings is 2. The molecule has 28 heavy (non-hydrogen) atoms. The lowest BCUT2D eigenvalue weighted by molar-refractivity contribution is -0.139. The predicted octanol–water partition coefficient (Wildman–Crippen LogP) is 3.42. The molecule has 1 N–H and O–H groups in total. The summed E-state index contributed by atoms with van der Waals surface area (Å²) in [6.07, 6.45) is 0.381. The molecule has 1 amide bonds. The average Bonchev–Trinajstić information content (AvgIpc) is 3.08. The van der Waals surface area contributed by atoms with E-state index >= 15 is 0 Å². The second kappa shape index (κ2) is 6.74. The van der Waals surface area contributed by atoms with Crippen molar-refractivity contribution in [2.24, 2.45) is 0 Å². The number of nitrogens with zero attached hydrogens (tertiary/aromatic N) is 1. The molecule has 0 bridgehead atoms. The molecule has 0 aromatic heterocycles. The van der Waals surface area contributed by atoms with Crippen molar-refractivity contribution in [3.05, 3.63) is 64.7 Å². The molecule has 2 aliphatic rings. The highest BCUT2D eigenvalue weighted by Gasteiger charge is 2.47. The summed E-state index contributed by atoms with van der Waals surface area (Å²) >= 11 is 0. The number of aliphatic hydroxyl groups excluding tert-OH is 1. The Hall–Kier alpha value is -2.66. The van der Waals surface area contributed by atoms with Crippen LogP contribution in [0.25, 0.3) is 0 Å². The standard InChI is InChI=1S/C23H25NO4/c1-14-12-18-17(13-16(14)21(26)15-8-5-4-6-9-15)20(22(27)23(2,3)28-18)24-11-7-10-19(24)25/h4-6,8-9,12-13,20,22,27H,7,10-11H2,1-3H3. The third kappa shape index (κ3) is 3.00. The summed E-state index contributed by atoms with van der Waals surface area (Å²) in [6, 6.07) is 12.3. The lowest BCUT2D eigenvalue weighted by Crippen LogP contribution is -2.53. The van der Waals surface area contributed by atoms with Crippen molar-refractivity contribution in [1.82, 2.24) is 4.90 Å². The number of hydrogen-bond acceptors (Lipinski definition) is 4. The smallest absolute Gasteiger partial charge is 0.223 e. The van der Waals surface area contributed by atoms with Crippen LogP contribution in [-0.2, 0) is 4.79 Å². The molecule has 2 heterocycles. The van der Waals surface area contributed by atoms with E-state index in [1.54, 1.807) is 23.1 Å². The van der Waals surface area contributed by atoms with Gasteiger partial charge in [-0.15, -0.1) is 0 Å². The minimum atomic E-state index is -0.885. The fraction of sp³-hybridized carbons (Fsp3) is 0.391. The van der Waals surface area contributed by atoms with Crippen molar-refractivity contribution in [3.8, 4) is 5.75 Å². The van der Waals surface area contributed by atoms with Crippen molar-refractivity contribution in [2.45, 2.75) is 51.4 Å². The Morgan fingerprint density at radius 2 is 1.93 bits per heavy atom. The molecular weight excluding hydrogens is 354 g/mol. The number of hydrogen-bond donors (Lipinski definition) is 1. The normalized spacial score (nSPS) is 23.3. The van der Waals surface area contributed by atoms with Crippen molar-refractivity contribution >= 4 is 11.7 Å². The summed E-state index contributed by atoms with van der Waals surface area (Å²) in [4.78, 5) is 27.3. The van der Waals surface area contributed by atoms with Gasteiger partial charge in [0, 0.05) is 29.7 Å². The zero-order valence-electron chi connectivity index (χ0n) is 16.4. The molecule has 5 nitrogen and oxygen atoms in total. The Labute approximate surface area is 164 Å². The number of likely N-dealkylation sites (tertiary alicyclic amines) is 1. The van der Waals surface area contributed by atoms with Crippen molar-refractivity contribution < 1.29 is 19.4 Å². The molecule has 1 saturated heterocycles. The van der Waals surface area contributed by atoms with Crippen LogP contribution in [0.4, 0.5) is 0 Å². The molecule has 2 aliphatic heterocycles. The van der Waals surface area contributed by atoms with Gasteiger partial charge >= 0.3 is 0 Å². The van der Waals surface area contributed by atoms with Gasteiger partial charge in [0.05, 0.1) is 6.04 Å². The van der Waals surface area contributed by atoms with Crippen LogP contribution in [0, 0.1) is 6.92 Å². The van der Waals surface area contributed by atoms with Crippen LogP contribution in [0.3, 0.4) is 0 Å². The van der Waals surface area contributed by atoms with Crippen LogP contribution in [0.1, 0.15) is 59.8 Å². The van der Waals surface area contributed by atoms with E-state index in [1.807, 2.05) is 45.0 Å². The first-order valence-electron chi connectivity index (χ1n) is 9.70. The third-order valence-electron chi connectivity index (χ3n) is 5.79. The van der Waals surface area contributed by atoms with Gasteiger partial charge < -0.3 is 14.7 Å². The van der Waals surface area contributed by atoms with Crippen molar-refractivity contribution in [2.75, 3.05) is 6.54 Å². The van der Waals surface area contributed by atoms with E-state index in [0.29, 0.717) is 35.4 Å². The monoisotopic (exact) mass is 379 g/mol. The highest BCUT2D eigenvalue weighted by molar-refractivity contribution is 6.10. The van der Waals surface area contributed by atoms with E-state index in [2.05, 4.69) is 0 Å². The second-order valence-electron chi connectivity index (χ2n) is 8.19. The van der Waals surface area contributed by atoms with Crippen LogP contribution in [-0.4, -0.2) is 39.9 Å². The Balaban J connectivity index is 1.84. The van der Waals surface area contributed by atoms with E-state index in [0.717, 1.165) is 12.0 Å². The second-order valence-corrected chi connectivity index (χ2v) is 8.19. The molecule has 0 spiro atoms. The lowest BCUT2D eigenvalue weighted by Gasteiger charge is -2.45. The number of fused-ring (bicyclic) bond motifs is 1. The number of carbonyl (C=O) groups excluding carboxylic acids is 2. The number of ether oxygens (including phenoxy) is 1. The number of rotatable bonds is 3. The summed E-state index contributed by atoms with van der Waals surface area (Å²) in [6.45, 7) is 6.14. The summed E-state index contributed by atoms with van der Waals surface area (Å²) in [5.41, 5.74) is 1.85. The van der Waals surface area contributed by atoms with Gasteiger partial charge in [0.2, 0.25) is 5.91 Å². The number of aliphatic hydroxyl groups is 1. The largest absolute Gasteiger partial charge is 0.485 e. The summed E-state index contributed by atoms with van der Waals surface area (Å²) in [5.74, 6) is 0.582. The summed E-state index contributed by atoms with van der Waals surface area (Å²) < 4.78 is 6.08. The van der Waals surface area contributed by atoms with E-state index in [9.17, 15) is 14.7 Å². The molecule has 0 saturated carbocycles. The SMILES string of the molecule is Cc1cc2c(cc1C(=O)c1ccccc1)C(N1CCCC1=O)C(O)C(C)(C)O2. The quantitative estimate of drug-likeness (QED) is 0.830. The highest BCUT2D eigenvalue weighted by atomic mass is 16.5. The molecule has 0 aliphatic carbocycles. The molecular formula is C23H25NO4. The van der Waals surface area contributed by atoms with Crippen molar-refractivity contribution in [3.63, 3.8) is 0 Å². The maximum atomic E-state index is 13.1. The first kappa shape index (κ1) is 18.7. The van der Waals surface area contributed by atoms with E-state index in [1.165, 1.54) is 0 Å². The number of amides is 1. The maximum absolute atomic E-state index is 13.1. The molecule has 1 fully saturated rings. The molecule has 2 aromatic carbocycles. The summed E-state index contributed by atoms with van der Waals surface area (Å²) in [7, 11) is 0. The van der Waals surface area contributed by atoms with Gasteiger partial charge in [-0.1, -0.05) is 30.3 Å². The molecule has 146 valence electrons. The Kier molecular flexibility index (Phi) is 4.50. The topological polar surface area (TPSA) is 66.8 Å². The predicted molar refractivity (Wildman–Crippen MR) is 105 cm³/mol. The third-order valence-corrected chi connectivity index (χ3v) is 5.79. The van der Waals surface area contributed by atoms with Gasteiger partial charge in [-0.2, -0.15) is 0 Å². The number of ketones is 1.